The zero-order valence-electron chi connectivity index (χ0n) is 26.1. The van der Waals surface area contributed by atoms with E-state index in [9.17, 15) is 14.4 Å². The van der Waals surface area contributed by atoms with Crippen molar-refractivity contribution in [1.29, 1.82) is 0 Å². The van der Waals surface area contributed by atoms with E-state index in [0.717, 1.165) is 49.3 Å². The van der Waals surface area contributed by atoms with Crippen LogP contribution in [0.25, 0.3) is 11.3 Å². The molecule has 0 spiro atoms. The van der Waals surface area contributed by atoms with Crippen molar-refractivity contribution in [1.82, 2.24) is 30.1 Å². The number of carbonyl (C=O) groups is 3. The third kappa shape index (κ3) is 6.25. The maximum atomic E-state index is 13.1. The van der Waals surface area contributed by atoms with Gasteiger partial charge in [0.1, 0.15) is 11.8 Å². The highest BCUT2D eigenvalue weighted by atomic mass is 16.5. The molecule has 1 saturated carbocycles. The molecular weight excluding hydrogens is 592 g/mol. The minimum absolute atomic E-state index is 0.122. The fraction of sp³-hybridized carbons (Fsp3) is 0.351. The van der Waals surface area contributed by atoms with E-state index in [-0.39, 0.29) is 24.1 Å². The summed E-state index contributed by atoms with van der Waals surface area (Å²) in [5, 5.41) is 2.37. The van der Waals surface area contributed by atoms with Crippen LogP contribution in [-0.2, 0) is 22.7 Å². The average Bonchev–Trinajstić information content (AvgIpc) is 3.90. The van der Waals surface area contributed by atoms with E-state index in [1.165, 1.54) is 29.5 Å². The number of rotatable bonds is 8. The Morgan fingerprint density at radius 1 is 0.787 bits per heavy atom. The molecule has 5 heterocycles. The van der Waals surface area contributed by atoms with Gasteiger partial charge in [0, 0.05) is 43.0 Å². The molecule has 3 fully saturated rings. The molecule has 1 atom stereocenters. The van der Waals surface area contributed by atoms with Gasteiger partial charge in [-0.05, 0) is 97.5 Å². The quantitative estimate of drug-likeness (QED) is 0.260. The van der Waals surface area contributed by atoms with Gasteiger partial charge in [-0.2, -0.15) is 0 Å². The number of imide groups is 1. The average molecular weight is 629 g/mol. The second kappa shape index (κ2) is 12.3. The summed E-state index contributed by atoms with van der Waals surface area (Å²) in [5.74, 6) is 0.892. The summed E-state index contributed by atoms with van der Waals surface area (Å²) in [5.41, 5.74) is 7.28. The van der Waals surface area contributed by atoms with E-state index in [1.54, 1.807) is 11.1 Å². The van der Waals surface area contributed by atoms with Crippen molar-refractivity contribution in [2.24, 2.45) is 0 Å². The first-order valence-corrected chi connectivity index (χ1v) is 16.5. The highest BCUT2D eigenvalue weighted by Gasteiger charge is 2.39. The number of aromatic nitrogens is 3. The van der Waals surface area contributed by atoms with E-state index in [2.05, 4.69) is 61.6 Å². The molecule has 1 aliphatic carbocycles. The van der Waals surface area contributed by atoms with Crippen molar-refractivity contribution in [2.75, 3.05) is 13.1 Å². The second-order valence-electron chi connectivity index (χ2n) is 13.1. The lowest BCUT2D eigenvalue weighted by Crippen LogP contribution is -2.52. The number of nitrogens with one attached hydrogen (secondary N) is 1. The van der Waals surface area contributed by atoms with Crippen molar-refractivity contribution >= 4 is 17.7 Å². The van der Waals surface area contributed by atoms with E-state index >= 15 is 0 Å². The molecule has 2 aromatic carbocycles. The van der Waals surface area contributed by atoms with Crippen LogP contribution >= 0.6 is 0 Å². The predicted octanol–water partition coefficient (Wildman–Crippen LogP) is 5.35. The molecule has 0 bridgehead atoms. The van der Waals surface area contributed by atoms with Crippen LogP contribution in [0.15, 0.2) is 73.2 Å². The van der Waals surface area contributed by atoms with Gasteiger partial charge in [0.05, 0.1) is 11.9 Å². The molecule has 3 aliphatic heterocycles. The number of likely N-dealkylation sites (tertiary alicyclic amines) is 1. The molecule has 4 aliphatic rings. The molecule has 1 unspecified atom stereocenters. The number of carbonyl (C=O) groups excluding carboxylic acids is 3. The summed E-state index contributed by atoms with van der Waals surface area (Å²) < 4.78 is 5.79. The Balaban J connectivity index is 0.833. The van der Waals surface area contributed by atoms with Gasteiger partial charge in [-0.25, -0.2) is 9.97 Å². The summed E-state index contributed by atoms with van der Waals surface area (Å²) in [4.78, 5) is 54.4. The van der Waals surface area contributed by atoms with Gasteiger partial charge in [0.25, 0.3) is 5.91 Å². The number of piperidine rings is 2. The Kier molecular flexibility index (Phi) is 7.73. The molecule has 3 amide bonds. The molecule has 1 N–H and O–H groups in total. The lowest BCUT2D eigenvalue weighted by molar-refractivity contribution is -0.136. The Morgan fingerprint density at radius 3 is 2.26 bits per heavy atom. The number of benzene rings is 2. The Bertz CT molecular complexity index is 1810. The summed E-state index contributed by atoms with van der Waals surface area (Å²) >= 11 is 0. The monoisotopic (exact) mass is 628 g/mol. The topological polar surface area (TPSA) is 118 Å². The zero-order chi connectivity index (χ0) is 31.9. The largest absolute Gasteiger partial charge is 0.423 e. The molecule has 10 heteroatoms. The third-order valence-corrected chi connectivity index (χ3v) is 9.90. The molecule has 47 heavy (non-hydrogen) atoms. The number of amides is 3. The Morgan fingerprint density at radius 2 is 1.55 bits per heavy atom. The molecule has 238 valence electrons. The number of hydrogen-bond acceptors (Lipinski definition) is 8. The van der Waals surface area contributed by atoms with E-state index in [4.69, 9.17) is 4.74 Å². The molecule has 4 aromatic rings. The van der Waals surface area contributed by atoms with Crippen molar-refractivity contribution in [2.45, 2.75) is 69.5 Å². The van der Waals surface area contributed by atoms with Crippen molar-refractivity contribution in [3.63, 3.8) is 0 Å². The normalized spacial score (nSPS) is 20.3. The molecule has 10 nitrogen and oxygen atoms in total. The van der Waals surface area contributed by atoms with Crippen LogP contribution < -0.4 is 10.1 Å². The highest BCUT2D eigenvalue weighted by Crippen LogP contribution is 2.39. The minimum atomic E-state index is -0.583. The maximum Gasteiger partial charge on any atom is 0.321 e. The SMILES string of the molecule is O=C1CCC(N2Cc3cc(C4CCN(Cc5ccc(-c6ccc(Oc7ncc(C8CC8)cn7)cn6)cc5)CC4)ccc3C2=O)C(=O)N1. The highest BCUT2D eigenvalue weighted by molar-refractivity contribution is 6.05. The summed E-state index contributed by atoms with van der Waals surface area (Å²) in [6.07, 6.45) is 10.6. The zero-order valence-corrected chi connectivity index (χ0v) is 26.1. The molecule has 0 radical (unpaired) electrons. The Labute approximate surface area is 273 Å². The first kappa shape index (κ1) is 29.4. The summed E-state index contributed by atoms with van der Waals surface area (Å²) in [6.45, 7) is 3.31. The van der Waals surface area contributed by atoms with Crippen molar-refractivity contribution in [3.8, 4) is 23.0 Å². The fourth-order valence-corrected chi connectivity index (χ4v) is 7.04. The predicted molar refractivity (Wildman–Crippen MR) is 173 cm³/mol. The summed E-state index contributed by atoms with van der Waals surface area (Å²) in [6, 6.07) is 18.3. The van der Waals surface area contributed by atoms with Crippen LogP contribution in [-0.4, -0.2) is 61.6 Å². The van der Waals surface area contributed by atoms with E-state index in [1.807, 2.05) is 30.6 Å². The van der Waals surface area contributed by atoms with E-state index in [0.29, 0.717) is 42.1 Å². The third-order valence-electron chi connectivity index (χ3n) is 9.90. The number of fused-ring (bicyclic) bond motifs is 1. The van der Waals surface area contributed by atoms with Gasteiger partial charge in [-0.1, -0.05) is 36.4 Å². The number of ether oxygens (including phenoxy) is 1. The first-order chi connectivity index (χ1) is 23.0. The molecule has 8 rings (SSSR count). The van der Waals surface area contributed by atoms with Crippen molar-refractivity contribution < 1.29 is 19.1 Å². The fourth-order valence-electron chi connectivity index (χ4n) is 7.04. The molecule has 2 saturated heterocycles. The second-order valence-corrected chi connectivity index (χ2v) is 13.1. The van der Waals surface area contributed by atoms with Gasteiger partial charge >= 0.3 is 6.01 Å². The first-order valence-electron chi connectivity index (χ1n) is 16.5. The standard InChI is InChI=1S/C37H36N6O4/c44-34-12-11-33(35(45)41-34)43-22-28-17-27(7-9-31(28)36(43)46)25-13-15-42(16-14-25)21-23-1-3-26(4-2-23)32-10-8-30(20-38-32)47-37-39-18-29(19-40-37)24-5-6-24/h1-4,7-10,17-20,24-25,33H,5-6,11-16,21-22H2,(H,41,44,45). The number of hydrogen-bond donors (Lipinski definition) is 1. The number of nitrogens with zero attached hydrogens (tertiary/aromatic N) is 5. The van der Waals surface area contributed by atoms with Gasteiger partial charge < -0.3 is 9.64 Å². The van der Waals surface area contributed by atoms with Gasteiger partial charge in [0.2, 0.25) is 11.8 Å². The molecular formula is C37H36N6O4. The van der Waals surface area contributed by atoms with Crippen LogP contribution in [0.4, 0.5) is 0 Å². The van der Waals surface area contributed by atoms with Crippen molar-refractivity contribution in [3.05, 3.63) is 101 Å². The van der Waals surface area contributed by atoms with E-state index < -0.39 is 6.04 Å². The Hall–Kier alpha value is -4.96. The van der Waals surface area contributed by atoms with Crippen LogP contribution in [0.5, 0.6) is 11.8 Å². The van der Waals surface area contributed by atoms with Gasteiger partial charge in [-0.3, -0.25) is 29.6 Å². The van der Waals surface area contributed by atoms with Gasteiger partial charge in [0.15, 0.2) is 0 Å². The minimum Gasteiger partial charge on any atom is -0.423 e. The smallest absolute Gasteiger partial charge is 0.321 e. The molecule has 2 aromatic heterocycles. The van der Waals surface area contributed by atoms with Crippen LogP contribution in [0.1, 0.15) is 83.0 Å². The summed E-state index contributed by atoms with van der Waals surface area (Å²) in [7, 11) is 0. The number of pyridine rings is 1. The van der Waals surface area contributed by atoms with Crippen LogP contribution in [0.2, 0.25) is 0 Å². The van der Waals surface area contributed by atoms with Crippen LogP contribution in [0, 0.1) is 0 Å². The van der Waals surface area contributed by atoms with Gasteiger partial charge in [-0.15, -0.1) is 0 Å². The lowest BCUT2D eigenvalue weighted by Gasteiger charge is -2.32. The lowest BCUT2D eigenvalue weighted by atomic mass is 9.87. The van der Waals surface area contributed by atoms with Crippen LogP contribution in [0.3, 0.4) is 0 Å². The maximum absolute atomic E-state index is 13.1.